The molecule has 1 amide bonds. The summed E-state index contributed by atoms with van der Waals surface area (Å²) in [5, 5.41) is 12.9. The number of amides is 1. The van der Waals surface area contributed by atoms with Crippen LogP contribution in [0.1, 0.15) is 29.2 Å². The third kappa shape index (κ3) is 6.60. The number of ether oxygens (including phenoxy) is 2. The first-order valence-corrected chi connectivity index (χ1v) is 14.6. The normalized spacial score (nSPS) is 18.0. The van der Waals surface area contributed by atoms with Gasteiger partial charge >= 0.3 is 0 Å². The van der Waals surface area contributed by atoms with E-state index < -0.39 is 11.6 Å². The van der Waals surface area contributed by atoms with E-state index in [-0.39, 0.29) is 18.9 Å². The average molecular weight is 654 g/mol. The molecular weight excluding hydrogens is 627 g/mol. The predicted octanol–water partition coefficient (Wildman–Crippen LogP) is 7.66. The van der Waals surface area contributed by atoms with Crippen LogP contribution in [0.25, 0.3) is 0 Å². The molecule has 0 saturated heterocycles. The van der Waals surface area contributed by atoms with Gasteiger partial charge in [-0.05, 0) is 60.2 Å². The molecule has 0 aliphatic carbocycles. The van der Waals surface area contributed by atoms with Crippen LogP contribution < -0.4 is 10.1 Å². The number of rotatable bonds is 10. The first kappa shape index (κ1) is 29.1. The van der Waals surface area contributed by atoms with Crippen LogP contribution in [-0.2, 0) is 16.0 Å². The molecule has 2 N–H and O–H groups in total. The molecule has 1 aliphatic rings. The van der Waals surface area contributed by atoms with Crippen LogP contribution in [0, 0.1) is 0 Å². The summed E-state index contributed by atoms with van der Waals surface area (Å²) in [5.41, 5.74) is 1.36. The Hall–Kier alpha value is -3.36. The van der Waals surface area contributed by atoms with E-state index in [4.69, 9.17) is 42.8 Å². The summed E-state index contributed by atoms with van der Waals surface area (Å²) >= 11 is 16.6. The molecule has 5 rings (SSSR count). The summed E-state index contributed by atoms with van der Waals surface area (Å²) in [5.74, 6) is 0.618. The minimum Gasteiger partial charge on any atom is -0.494 e. The van der Waals surface area contributed by atoms with E-state index >= 15 is 0 Å². The second-order valence-electron chi connectivity index (χ2n) is 9.54. The summed E-state index contributed by atoms with van der Waals surface area (Å²) < 4.78 is 13.1. The standard InChI is InChI=1S/C32H27BrCl2N2O4/c33-27-10-5-4-7-22(27)20-32(31(39)36-24-8-2-1-3-9-24)29(26-16-13-23(34)19-28(26)35)41-30(37-32)21-11-14-25(15-12-21)40-18-6-17-38/h1-5,7-16,19,29,38H,6,17-18,20H2,(H,36,39)/t29-,32-/m1/s1. The Labute approximate surface area is 257 Å². The second-order valence-corrected chi connectivity index (χ2v) is 11.2. The van der Waals surface area contributed by atoms with Crippen LogP contribution in [0.15, 0.2) is 107 Å². The lowest BCUT2D eigenvalue weighted by Gasteiger charge is -2.31. The van der Waals surface area contributed by atoms with Crippen LogP contribution in [0.2, 0.25) is 10.0 Å². The van der Waals surface area contributed by atoms with Crippen molar-refractivity contribution in [2.24, 2.45) is 4.99 Å². The molecule has 0 aromatic heterocycles. The fourth-order valence-electron chi connectivity index (χ4n) is 4.67. The minimum atomic E-state index is -1.43. The molecule has 1 aliphatic heterocycles. The number of aliphatic imine (C=N–C) groups is 1. The van der Waals surface area contributed by atoms with Gasteiger partial charge in [-0.2, -0.15) is 0 Å². The van der Waals surface area contributed by atoms with Crippen molar-refractivity contribution in [3.8, 4) is 5.75 Å². The van der Waals surface area contributed by atoms with E-state index in [1.54, 1.807) is 30.3 Å². The largest absolute Gasteiger partial charge is 0.494 e. The molecule has 4 aromatic rings. The SMILES string of the molecule is O=C(Nc1ccccc1)[C@]1(Cc2ccccc2Br)N=C(c2ccc(OCCCO)cc2)O[C@@H]1c1ccc(Cl)cc1Cl. The Bertz CT molecular complexity index is 1550. The average Bonchev–Trinajstić information content (AvgIpc) is 3.35. The third-order valence-corrected chi connectivity index (χ3v) is 8.06. The summed E-state index contributed by atoms with van der Waals surface area (Å²) in [7, 11) is 0. The molecule has 210 valence electrons. The summed E-state index contributed by atoms with van der Waals surface area (Å²) in [4.78, 5) is 19.4. The van der Waals surface area contributed by atoms with E-state index in [0.717, 1.165) is 10.0 Å². The van der Waals surface area contributed by atoms with Crippen molar-refractivity contribution < 1.29 is 19.4 Å². The number of aliphatic hydroxyl groups is 1. The topological polar surface area (TPSA) is 80.2 Å². The number of halogens is 3. The van der Waals surface area contributed by atoms with Gasteiger partial charge < -0.3 is 19.9 Å². The van der Waals surface area contributed by atoms with E-state index in [1.165, 1.54) is 0 Å². The number of carbonyl (C=O) groups is 1. The smallest absolute Gasteiger partial charge is 0.257 e. The molecule has 0 fully saturated rings. The van der Waals surface area contributed by atoms with Crippen molar-refractivity contribution in [2.75, 3.05) is 18.5 Å². The number of hydrogen-bond acceptors (Lipinski definition) is 5. The van der Waals surface area contributed by atoms with Crippen LogP contribution in [0.3, 0.4) is 0 Å². The third-order valence-electron chi connectivity index (χ3n) is 6.72. The molecule has 6 nitrogen and oxygen atoms in total. The van der Waals surface area contributed by atoms with Gasteiger partial charge in [0.05, 0.1) is 6.61 Å². The number of aliphatic hydroxyl groups excluding tert-OH is 1. The van der Waals surface area contributed by atoms with Crippen LogP contribution in [-0.4, -0.2) is 35.7 Å². The number of carbonyl (C=O) groups excluding carboxylic acids is 1. The fourth-order valence-corrected chi connectivity index (χ4v) is 5.60. The first-order valence-electron chi connectivity index (χ1n) is 13.0. The zero-order chi connectivity index (χ0) is 28.8. The van der Waals surface area contributed by atoms with Gasteiger partial charge in [0.1, 0.15) is 5.75 Å². The lowest BCUT2D eigenvalue weighted by molar-refractivity contribution is -0.123. The lowest BCUT2D eigenvalue weighted by Crippen LogP contribution is -2.46. The molecule has 1 heterocycles. The minimum absolute atomic E-state index is 0.0576. The molecule has 0 spiro atoms. The van der Waals surface area contributed by atoms with E-state index in [1.807, 2.05) is 66.7 Å². The molecule has 0 saturated carbocycles. The number of nitrogens with one attached hydrogen (secondary N) is 1. The van der Waals surface area contributed by atoms with Crippen molar-refractivity contribution in [2.45, 2.75) is 24.5 Å². The van der Waals surface area contributed by atoms with Gasteiger partial charge in [0, 0.05) is 50.8 Å². The highest BCUT2D eigenvalue weighted by Crippen LogP contribution is 2.46. The molecule has 9 heteroatoms. The van der Waals surface area contributed by atoms with Crippen LogP contribution >= 0.6 is 39.1 Å². The maximum atomic E-state index is 14.4. The highest BCUT2D eigenvalue weighted by molar-refractivity contribution is 9.10. The molecule has 0 bridgehead atoms. The number of anilines is 1. The predicted molar refractivity (Wildman–Crippen MR) is 166 cm³/mol. The zero-order valence-corrected chi connectivity index (χ0v) is 25.0. The molecule has 4 aromatic carbocycles. The Balaban J connectivity index is 1.62. The van der Waals surface area contributed by atoms with Crippen molar-refractivity contribution >= 4 is 56.6 Å². The van der Waals surface area contributed by atoms with Gasteiger partial charge in [-0.25, -0.2) is 4.99 Å². The number of para-hydroxylation sites is 1. The van der Waals surface area contributed by atoms with Crippen LogP contribution in [0.4, 0.5) is 5.69 Å². The van der Waals surface area contributed by atoms with E-state index in [0.29, 0.717) is 51.5 Å². The molecular formula is C32H27BrCl2N2O4. The molecule has 2 atom stereocenters. The Morgan fingerprint density at radius 3 is 2.44 bits per heavy atom. The summed E-state index contributed by atoms with van der Waals surface area (Å²) in [6.45, 7) is 0.460. The highest BCUT2D eigenvalue weighted by atomic mass is 79.9. The van der Waals surface area contributed by atoms with E-state index in [9.17, 15) is 4.79 Å². The van der Waals surface area contributed by atoms with Gasteiger partial charge in [-0.1, -0.05) is 81.6 Å². The summed E-state index contributed by atoms with van der Waals surface area (Å²) in [6, 6.07) is 29.4. The highest BCUT2D eigenvalue weighted by Gasteiger charge is 2.54. The molecule has 0 unspecified atom stereocenters. The van der Waals surface area contributed by atoms with Gasteiger partial charge in [-0.3, -0.25) is 4.79 Å². The first-order chi connectivity index (χ1) is 19.9. The summed E-state index contributed by atoms with van der Waals surface area (Å²) in [6.07, 6.45) is -0.101. The van der Waals surface area contributed by atoms with Crippen molar-refractivity contribution in [3.05, 3.63) is 128 Å². The Morgan fingerprint density at radius 1 is 1.00 bits per heavy atom. The van der Waals surface area contributed by atoms with Crippen molar-refractivity contribution in [1.82, 2.24) is 0 Å². The van der Waals surface area contributed by atoms with Gasteiger partial charge in [0.25, 0.3) is 5.91 Å². The van der Waals surface area contributed by atoms with E-state index in [2.05, 4.69) is 21.2 Å². The number of benzene rings is 4. The van der Waals surface area contributed by atoms with Crippen molar-refractivity contribution in [3.63, 3.8) is 0 Å². The van der Waals surface area contributed by atoms with Gasteiger partial charge in [0.2, 0.25) is 5.90 Å². The van der Waals surface area contributed by atoms with Gasteiger partial charge in [0.15, 0.2) is 11.6 Å². The number of hydrogen-bond donors (Lipinski definition) is 2. The second kappa shape index (κ2) is 13.1. The monoisotopic (exact) mass is 652 g/mol. The molecule has 41 heavy (non-hydrogen) atoms. The maximum absolute atomic E-state index is 14.4. The maximum Gasteiger partial charge on any atom is 0.257 e. The Morgan fingerprint density at radius 2 is 1.73 bits per heavy atom. The Kier molecular flexibility index (Phi) is 9.30. The molecule has 0 radical (unpaired) electrons. The fraction of sp³-hybridized carbons (Fsp3) is 0.188. The van der Waals surface area contributed by atoms with Gasteiger partial charge in [-0.15, -0.1) is 0 Å². The number of nitrogens with zero attached hydrogens (tertiary/aromatic N) is 1. The lowest BCUT2D eigenvalue weighted by atomic mass is 9.82. The van der Waals surface area contributed by atoms with Crippen molar-refractivity contribution in [1.29, 1.82) is 0 Å². The zero-order valence-electron chi connectivity index (χ0n) is 21.9. The van der Waals surface area contributed by atoms with Crippen LogP contribution in [0.5, 0.6) is 5.75 Å². The quantitative estimate of drug-likeness (QED) is 0.172.